The van der Waals surface area contributed by atoms with Gasteiger partial charge in [0.25, 0.3) is 0 Å². The SMILES string of the molecule is CCCCn1c(CCc2ccc(OCc3ccc(I)cc3)cc2)nc2ccc(OCCCN(CC)CC)cc21. The molecule has 0 saturated carbocycles. The Labute approximate surface area is 247 Å². The van der Waals surface area contributed by atoms with Crippen molar-refractivity contribution in [2.75, 3.05) is 26.2 Å². The molecule has 1 aromatic heterocycles. The fraction of sp³-hybridized carbons (Fsp3) is 0.424. The molecule has 0 saturated heterocycles. The van der Waals surface area contributed by atoms with Crippen molar-refractivity contribution >= 4 is 33.6 Å². The van der Waals surface area contributed by atoms with E-state index in [2.05, 4.69) is 120 Å². The first-order valence-corrected chi connectivity index (χ1v) is 15.5. The van der Waals surface area contributed by atoms with Gasteiger partial charge in [-0.05, 0) is 102 Å². The van der Waals surface area contributed by atoms with Crippen LogP contribution >= 0.6 is 22.6 Å². The van der Waals surface area contributed by atoms with Gasteiger partial charge >= 0.3 is 0 Å². The first-order chi connectivity index (χ1) is 19.1. The minimum atomic E-state index is 0.583. The van der Waals surface area contributed by atoms with Crippen molar-refractivity contribution < 1.29 is 9.47 Å². The van der Waals surface area contributed by atoms with Gasteiger partial charge in [0.1, 0.15) is 23.9 Å². The van der Waals surface area contributed by atoms with Gasteiger partial charge in [-0.15, -0.1) is 0 Å². The molecule has 4 aromatic rings. The molecule has 0 radical (unpaired) electrons. The Hall–Kier alpha value is -2.58. The molecule has 0 atom stereocenters. The summed E-state index contributed by atoms with van der Waals surface area (Å²) in [6.45, 7) is 12.2. The van der Waals surface area contributed by atoms with Gasteiger partial charge in [-0.1, -0.05) is 51.5 Å². The van der Waals surface area contributed by atoms with Crippen molar-refractivity contribution in [3.63, 3.8) is 0 Å². The highest BCUT2D eigenvalue weighted by atomic mass is 127. The number of unbranched alkanes of at least 4 members (excludes halogenated alkanes) is 1. The molecule has 0 aliphatic rings. The van der Waals surface area contributed by atoms with Crippen LogP contribution in [0.1, 0.15) is 57.0 Å². The molecule has 1 heterocycles. The van der Waals surface area contributed by atoms with Crippen molar-refractivity contribution in [2.24, 2.45) is 0 Å². The van der Waals surface area contributed by atoms with Crippen LogP contribution in [0, 0.1) is 3.57 Å². The molecule has 0 spiro atoms. The second-order valence-corrected chi connectivity index (χ2v) is 11.2. The number of aromatic nitrogens is 2. The lowest BCUT2D eigenvalue weighted by Gasteiger charge is -2.17. The van der Waals surface area contributed by atoms with E-state index in [4.69, 9.17) is 14.5 Å². The third kappa shape index (κ3) is 8.70. The zero-order valence-corrected chi connectivity index (χ0v) is 25.8. The van der Waals surface area contributed by atoms with Crippen molar-refractivity contribution in [2.45, 2.75) is 66.0 Å². The number of halogens is 1. The van der Waals surface area contributed by atoms with Gasteiger partial charge in [0.05, 0.1) is 17.6 Å². The summed E-state index contributed by atoms with van der Waals surface area (Å²) in [6.07, 6.45) is 5.18. The predicted octanol–water partition coefficient (Wildman–Crippen LogP) is 7.92. The molecule has 0 amide bonds. The molecule has 0 aliphatic heterocycles. The van der Waals surface area contributed by atoms with Gasteiger partial charge in [-0.3, -0.25) is 0 Å². The molecule has 39 heavy (non-hydrogen) atoms. The van der Waals surface area contributed by atoms with Gasteiger partial charge in [0.15, 0.2) is 0 Å². The molecule has 5 nitrogen and oxygen atoms in total. The molecule has 0 bridgehead atoms. The number of fused-ring (bicyclic) bond motifs is 1. The molecule has 208 valence electrons. The number of ether oxygens (including phenoxy) is 2. The van der Waals surface area contributed by atoms with E-state index >= 15 is 0 Å². The topological polar surface area (TPSA) is 39.5 Å². The van der Waals surface area contributed by atoms with Gasteiger partial charge < -0.3 is 18.9 Å². The first kappa shape index (κ1) is 29.4. The minimum absolute atomic E-state index is 0.583. The van der Waals surface area contributed by atoms with Gasteiger partial charge in [-0.25, -0.2) is 4.98 Å². The van der Waals surface area contributed by atoms with E-state index in [9.17, 15) is 0 Å². The summed E-state index contributed by atoms with van der Waals surface area (Å²) in [6, 6.07) is 23.3. The summed E-state index contributed by atoms with van der Waals surface area (Å²) < 4.78 is 15.8. The number of hydrogen-bond acceptors (Lipinski definition) is 4. The lowest BCUT2D eigenvalue weighted by atomic mass is 10.1. The Kier molecular flexibility index (Phi) is 11.5. The van der Waals surface area contributed by atoms with Crippen molar-refractivity contribution in [1.82, 2.24) is 14.5 Å². The quantitative estimate of drug-likeness (QED) is 0.0923. The lowest BCUT2D eigenvalue weighted by Crippen LogP contribution is -2.25. The molecule has 6 heteroatoms. The predicted molar refractivity (Wildman–Crippen MR) is 170 cm³/mol. The molecule has 0 aliphatic carbocycles. The Morgan fingerprint density at radius 3 is 2.23 bits per heavy atom. The van der Waals surface area contributed by atoms with Crippen LogP contribution in [0.3, 0.4) is 0 Å². The maximum atomic E-state index is 6.14. The third-order valence-electron chi connectivity index (χ3n) is 7.20. The highest BCUT2D eigenvalue weighted by Crippen LogP contribution is 2.24. The van der Waals surface area contributed by atoms with E-state index in [-0.39, 0.29) is 0 Å². The van der Waals surface area contributed by atoms with Crippen LogP contribution in [0.25, 0.3) is 11.0 Å². The molecule has 0 unspecified atom stereocenters. The monoisotopic (exact) mass is 639 g/mol. The standard InChI is InChI=1S/C33H42IN3O2/c1-4-7-22-37-32-24-30(38-23-8-21-36(5-2)6-3)18-19-31(32)35-33(37)20-13-26-11-16-29(17-12-26)39-25-27-9-14-28(34)15-10-27/h9-12,14-19,24H,4-8,13,20-23,25H2,1-3H3. The maximum Gasteiger partial charge on any atom is 0.121 e. The van der Waals surface area contributed by atoms with E-state index in [0.717, 1.165) is 87.7 Å². The van der Waals surface area contributed by atoms with E-state index in [1.54, 1.807) is 0 Å². The first-order valence-electron chi connectivity index (χ1n) is 14.4. The summed E-state index contributed by atoms with van der Waals surface area (Å²) in [5.74, 6) is 2.99. The summed E-state index contributed by atoms with van der Waals surface area (Å²) >= 11 is 2.32. The third-order valence-corrected chi connectivity index (χ3v) is 7.91. The van der Waals surface area contributed by atoms with Crippen molar-refractivity contribution in [1.29, 1.82) is 0 Å². The number of imidazole rings is 1. The molecular weight excluding hydrogens is 597 g/mol. The van der Waals surface area contributed by atoms with Gasteiger partial charge in [-0.2, -0.15) is 0 Å². The summed E-state index contributed by atoms with van der Waals surface area (Å²) in [7, 11) is 0. The van der Waals surface area contributed by atoms with Crippen LogP contribution in [0.2, 0.25) is 0 Å². The summed E-state index contributed by atoms with van der Waals surface area (Å²) in [4.78, 5) is 7.46. The Morgan fingerprint density at radius 1 is 0.795 bits per heavy atom. The largest absolute Gasteiger partial charge is 0.493 e. The van der Waals surface area contributed by atoms with Crippen molar-refractivity contribution in [3.05, 3.63) is 87.3 Å². The highest BCUT2D eigenvalue weighted by molar-refractivity contribution is 14.1. The van der Waals surface area contributed by atoms with E-state index < -0.39 is 0 Å². The second kappa shape index (κ2) is 15.3. The summed E-state index contributed by atoms with van der Waals surface area (Å²) in [5, 5.41) is 0. The Balaban J connectivity index is 1.37. The Morgan fingerprint density at radius 2 is 1.51 bits per heavy atom. The highest BCUT2D eigenvalue weighted by Gasteiger charge is 2.12. The fourth-order valence-electron chi connectivity index (χ4n) is 4.77. The van der Waals surface area contributed by atoms with Gasteiger partial charge in [0, 0.05) is 29.1 Å². The van der Waals surface area contributed by atoms with Crippen LogP contribution in [-0.2, 0) is 26.0 Å². The summed E-state index contributed by atoms with van der Waals surface area (Å²) in [5.41, 5.74) is 4.71. The zero-order valence-electron chi connectivity index (χ0n) is 23.7. The average molecular weight is 640 g/mol. The fourth-order valence-corrected chi connectivity index (χ4v) is 5.13. The Bertz CT molecular complexity index is 1280. The van der Waals surface area contributed by atoms with Crippen LogP contribution in [0.15, 0.2) is 66.7 Å². The van der Waals surface area contributed by atoms with E-state index in [1.165, 1.54) is 20.2 Å². The van der Waals surface area contributed by atoms with E-state index in [0.29, 0.717) is 6.61 Å². The van der Waals surface area contributed by atoms with Crippen LogP contribution < -0.4 is 9.47 Å². The van der Waals surface area contributed by atoms with Gasteiger partial charge in [0.2, 0.25) is 0 Å². The zero-order chi connectivity index (χ0) is 27.5. The molecule has 0 N–H and O–H groups in total. The normalized spacial score (nSPS) is 11.4. The number of benzene rings is 3. The smallest absolute Gasteiger partial charge is 0.121 e. The number of aryl methyl sites for hydroxylation is 3. The molecule has 0 fully saturated rings. The van der Waals surface area contributed by atoms with Crippen LogP contribution in [0.5, 0.6) is 11.5 Å². The maximum absolute atomic E-state index is 6.14. The number of rotatable bonds is 16. The molecule has 3 aromatic carbocycles. The average Bonchev–Trinajstić information content (AvgIpc) is 3.31. The number of nitrogens with zero attached hydrogens (tertiary/aromatic N) is 3. The molecular formula is C33H42IN3O2. The minimum Gasteiger partial charge on any atom is -0.493 e. The van der Waals surface area contributed by atoms with Crippen LogP contribution in [-0.4, -0.2) is 40.7 Å². The number of hydrogen-bond donors (Lipinski definition) is 0. The van der Waals surface area contributed by atoms with Crippen LogP contribution in [0.4, 0.5) is 0 Å². The van der Waals surface area contributed by atoms with E-state index in [1.807, 2.05) is 0 Å². The second-order valence-electron chi connectivity index (χ2n) is 9.97. The molecule has 4 rings (SSSR count). The van der Waals surface area contributed by atoms with Crippen molar-refractivity contribution in [3.8, 4) is 11.5 Å². The lowest BCUT2D eigenvalue weighted by molar-refractivity contribution is 0.249.